The van der Waals surface area contributed by atoms with E-state index in [0.717, 1.165) is 60.9 Å². The minimum Gasteiger partial charge on any atom is -0.477 e. The Kier molecular flexibility index (Phi) is 10.7. The van der Waals surface area contributed by atoms with Crippen molar-refractivity contribution in [3.63, 3.8) is 0 Å². The topological polar surface area (TPSA) is 74.6 Å². The summed E-state index contributed by atoms with van der Waals surface area (Å²) in [6.07, 6.45) is 10.2. The highest BCUT2D eigenvalue weighted by molar-refractivity contribution is 7.13. The molecule has 1 aromatic carbocycles. The normalized spacial score (nSPS) is 16.5. The lowest BCUT2D eigenvalue weighted by Gasteiger charge is -2.13. The second-order valence-electron chi connectivity index (χ2n) is 7.99. The minimum absolute atomic E-state index is 0.103. The van der Waals surface area contributed by atoms with E-state index in [4.69, 9.17) is 5.11 Å². The Bertz CT molecular complexity index is 837. The molecule has 168 valence electrons. The van der Waals surface area contributed by atoms with Crippen LogP contribution < -0.4 is 0 Å². The van der Waals surface area contributed by atoms with Crippen LogP contribution in [-0.2, 0) is 11.2 Å². The van der Waals surface area contributed by atoms with Crippen molar-refractivity contribution >= 4 is 23.1 Å². The number of hydrogen-bond donors (Lipinski definition) is 2. The third-order valence-electron chi connectivity index (χ3n) is 5.58. The number of Topliss-reactive ketones (excluding diaryl/α,β-unsaturated/α-hetero) is 1. The summed E-state index contributed by atoms with van der Waals surface area (Å²) in [5.74, 6) is -0.368. The summed E-state index contributed by atoms with van der Waals surface area (Å²) >= 11 is 1.33. The van der Waals surface area contributed by atoms with E-state index in [1.165, 1.54) is 24.2 Å². The Morgan fingerprint density at radius 3 is 2.52 bits per heavy atom. The molecule has 0 radical (unpaired) electrons. The van der Waals surface area contributed by atoms with Gasteiger partial charge in [-0.2, -0.15) is 0 Å². The number of aromatic carboxylic acids is 1. The van der Waals surface area contributed by atoms with Gasteiger partial charge < -0.3 is 10.2 Å². The number of carboxylic acid groups (broad SMARTS) is 1. The van der Waals surface area contributed by atoms with Gasteiger partial charge in [-0.1, -0.05) is 56.5 Å². The number of aliphatic hydroxyl groups is 1. The van der Waals surface area contributed by atoms with E-state index in [0.29, 0.717) is 10.7 Å². The van der Waals surface area contributed by atoms with Gasteiger partial charge in [0.05, 0.1) is 6.10 Å². The van der Waals surface area contributed by atoms with Crippen LogP contribution in [0.4, 0.5) is 0 Å². The fourth-order valence-corrected chi connectivity index (χ4v) is 4.61. The van der Waals surface area contributed by atoms with Crippen molar-refractivity contribution in [2.75, 3.05) is 0 Å². The smallest absolute Gasteiger partial charge is 0.345 e. The molecule has 0 amide bonds. The molecule has 0 aliphatic heterocycles. The summed E-state index contributed by atoms with van der Waals surface area (Å²) in [6.45, 7) is 5.77. The van der Waals surface area contributed by atoms with Crippen LogP contribution in [0, 0.1) is 0 Å². The molecular formula is C26H34O4S. The molecule has 2 N–H and O–H groups in total. The van der Waals surface area contributed by atoms with Crippen LogP contribution in [0.1, 0.15) is 96.0 Å². The Labute approximate surface area is 189 Å². The molecule has 2 atom stereocenters. The van der Waals surface area contributed by atoms with Crippen molar-refractivity contribution in [3.05, 3.63) is 69.9 Å². The Morgan fingerprint density at radius 1 is 1.23 bits per heavy atom. The van der Waals surface area contributed by atoms with Crippen molar-refractivity contribution in [2.24, 2.45) is 0 Å². The predicted octanol–water partition coefficient (Wildman–Crippen LogP) is 6.70. The van der Waals surface area contributed by atoms with Crippen molar-refractivity contribution in [3.8, 4) is 0 Å². The molecule has 1 aliphatic rings. The Hall–Kier alpha value is -2.24. The lowest BCUT2D eigenvalue weighted by molar-refractivity contribution is -0.118. The van der Waals surface area contributed by atoms with Crippen LogP contribution in [0.2, 0.25) is 0 Å². The van der Waals surface area contributed by atoms with E-state index in [1.807, 2.05) is 36.4 Å². The molecule has 1 fully saturated rings. The van der Waals surface area contributed by atoms with Crippen molar-refractivity contribution in [1.82, 2.24) is 0 Å². The number of thiophene rings is 1. The predicted molar refractivity (Wildman–Crippen MR) is 127 cm³/mol. The van der Waals surface area contributed by atoms with Gasteiger partial charge in [0.15, 0.2) is 0 Å². The quantitative estimate of drug-likeness (QED) is 0.317. The van der Waals surface area contributed by atoms with Gasteiger partial charge in [-0.05, 0) is 55.4 Å². The fourth-order valence-electron chi connectivity index (χ4n) is 3.74. The summed E-state index contributed by atoms with van der Waals surface area (Å²) in [5.41, 5.74) is 2.09. The number of rotatable bonds is 10. The summed E-state index contributed by atoms with van der Waals surface area (Å²) in [4.78, 5) is 23.7. The third kappa shape index (κ3) is 8.08. The number of ketones is 1. The maximum atomic E-state index is 11.7. The Morgan fingerprint density at radius 2 is 1.97 bits per heavy atom. The van der Waals surface area contributed by atoms with Crippen molar-refractivity contribution < 1.29 is 19.8 Å². The molecule has 1 heterocycles. The average Bonchev–Trinajstić information content (AvgIpc) is 3.42. The lowest BCUT2D eigenvalue weighted by Crippen LogP contribution is -2.05. The van der Waals surface area contributed by atoms with Gasteiger partial charge in [-0.25, -0.2) is 4.79 Å². The van der Waals surface area contributed by atoms with Crippen LogP contribution in [0.15, 0.2) is 49.1 Å². The monoisotopic (exact) mass is 442 g/mol. The number of aliphatic hydroxyl groups excluding tert-OH is 1. The van der Waals surface area contributed by atoms with Gasteiger partial charge in [0.25, 0.3) is 0 Å². The summed E-state index contributed by atoms with van der Waals surface area (Å²) in [6, 6.07) is 11.5. The van der Waals surface area contributed by atoms with E-state index >= 15 is 0 Å². The van der Waals surface area contributed by atoms with Crippen LogP contribution >= 0.6 is 11.3 Å². The zero-order chi connectivity index (χ0) is 22.6. The van der Waals surface area contributed by atoms with Crippen LogP contribution in [0.25, 0.3) is 0 Å². The van der Waals surface area contributed by atoms with E-state index < -0.39 is 5.97 Å². The first kappa shape index (κ1) is 25.0. The van der Waals surface area contributed by atoms with Gasteiger partial charge >= 0.3 is 5.97 Å². The first-order valence-corrected chi connectivity index (χ1v) is 12.0. The molecule has 2 aromatic rings. The number of carbonyl (C=O) groups is 2. The highest BCUT2D eigenvalue weighted by Crippen LogP contribution is 2.32. The Balaban J connectivity index is 0.000000245. The van der Waals surface area contributed by atoms with Gasteiger partial charge in [0, 0.05) is 17.2 Å². The highest BCUT2D eigenvalue weighted by Gasteiger charge is 2.25. The molecule has 31 heavy (non-hydrogen) atoms. The number of carbonyl (C=O) groups excluding carboxylic acids is 1. The standard InChI is InChI=1S/C17H24O2.C9H10O2S/c1-2-3-4-7-16(18)14-11-9-13(10-12-14)15-6-5-8-17(15)19;1-2-3-4-7-5-6-8(12-7)9(10)11/h9-12,15-16,18H,2-8H2,1H3;2,5-6H,1,3-4H2,(H,10,11). The molecule has 1 aromatic heterocycles. The van der Waals surface area contributed by atoms with Crippen molar-refractivity contribution in [2.45, 2.75) is 76.7 Å². The fraction of sp³-hybridized carbons (Fsp3) is 0.462. The SMILES string of the molecule is C=CCCc1ccc(C(=O)O)s1.CCCCCC(O)c1ccc(C2CCCC2=O)cc1. The third-order valence-corrected chi connectivity index (χ3v) is 6.71. The van der Waals surface area contributed by atoms with Gasteiger partial charge in [0.2, 0.25) is 0 Å². The minimum atomic E-state index is -0.843. The van der Waals surface area contributed by atoms with E-state index in [-0.39, 0.29) is 12.0 Å². The first-order chi connectivity index (χ1) is 15.0. The molecule has 1 aliphatic carbocycles. The summed E-state index contributed by atoms with van der Waals surface area (Å²) in [7, 11) is 0. The molecule has 0 saturated heterocycles. The van der Waals surface area contributed by atoms with E-state index in [2.05, 4.69) is 13.5 Å². The molecule has 0 bridgehead atoms. The van der Waals surface area contributed by atoms with Crippen molar-refractivity contribution in [1.29, 1.82) is 0 Å². The zero-order valence-electron chi connectivity index (χ0n) is 18.4. The van der Waals surface area contributed by atoms with Crippen LogP contribution in [0.5, 0.6) is 0 Å². The molecular weight excluding hydrogens is 408 g/mol. The maximum Gasteiger partial charge on any atom is 0.345 e. The molecule has 3 rings (SSSR count). The molecule has 4 nitrogen and oxygen atoms in total. The molecule has 2 unspecified atom stereocenters. The van der Waals surface area contributed by atoms with E-state index in [9.17, 15) is 14.7 Å². The first-order valence-electron chi connectivity index (χ1n) is 11.2. The van der Waals surface area contributed by atoms with Gasteiger partial charge in [-0.3, -0.25) is 4.79 Å². The largest absolute Gasteiger partial charge is 0.477 e. The number of carboxylic acids is 1. The van der Waals surface area contributed by atoms with Crippen LogP contribution in [-0.4, -0.2) is 22.0 Å². The zero-order valence-corrected chi connectivity index (χ0v) is 19.2. The number of aryl methyl sites for hydroxylation is 1. The van der Waals surface area contributed by atoms with Gasteiger partial charge in [-0.15, -0.1) is 17.9 Å². The molecule has 0 spiro atoms. The summed E-state index contributed by atoms with van der Waals surface area (Å²) in [5, 5.41) is 18.7. The number of allylic oxidation sites excluding steroid dienone is 1. The molecule has 5 heteroatoms. The second kappa shape index (κ2) is 13.2. The van der Waals surface area contributed by atoms with E-state index in [1.54, 1.807) is 6.07 Å². The second-order valence-corrected chi connectivity index (χ2v) is 9.16. The molecule has 1 saturated carbocycles. The average molecular weight is 443 g/mol. The maximum absolute atomic E-state index is 11.7. The number of benzene rings is 1. The number of unbranched alkanes of at least 4 members (excludes halogenated alkanes) is 2. The van der Waals surface area contributed by atoms with Gasteiger partial charge in [0.1, 0.15) is 10.7 Å². The summed E-state index contributed by atoms with van der Waals surface area (Å²) < 4.78 is 0. The highest BCUT2D eigenvalue weighted by atomic mass is 32.1. The lowest BCUT2D eigenvalue weighted by atomic mass is 9.94. The van der Waals surface area contributed by atoms with Crippen LogP contribution in [0.3, 0.4) is 0 Å². The number of hydrogen-bond acceptors (Lipinski definition) is 4.